The molecule has 0 spiro atoms. The molecule has 170 valence electrons. The SMILES string of the molecule is CN(C(=O)OCC1c2ccccc2-c2ccccc21)[C@@H](CC1CCC(F)(F)CC1)C(=O)O. The molecule has 2 aliphatic rings. The second-order valence-corrected chi connectivity index (χ2v) is 8.80. The van der Waals surface area contributed by atoms with Crippen molar-refractivity contribution in [2.45, 2.75) is 50.0 Å². The molecule has 32 heavy (non-hydrogen) atoms. The summed E-state index contributed by atoms with van der Waals surface area (Å²) >= 11 is 0. The van der Waals surface area contributed by atoms with Crippen molar-refractivity contribution >= 4 is 12.1 Å². The summed E-state index contributed by atoms with van der Waals surface area (Å²) in [5.74, 6) is -4.10. The number of hydrogen-bond acceptors (Lipinski definition) is 3. The summed E-state index contributed by atoms with van der Waals surface area (Å²) in [5, 5.41) is 9.67. The van der Waals surface area contributed by atoms with Crippen LogP contribution >= 0.6 is 0 Å². The molecule has 2 aliphatic carbocycles. The molecule has 1 amide bonds. The van der Waals surface area contributed by atoms with Crippen molar-refractivity contribution < 1.29 is 28.2 Å². The summed E-state index contributed by atoms with van der Waals surface area (Å²) in [6.45, 7) is 0.0964. The zero-order valence-electron chi connectivity index (χ0n) is 18.0. The van der Waals surface area contributed by atoms with Gasteiger partial charge in [-0.25, -0.2) is 18.4 Å². The lowest BCUT2D eigenvalue weighted by Gasteiger charge is -2.32. The Bertz CT molecular complexity index is 953. The van der Waals surface area contributed by atoms with Gasteiger partial charge in [-0.15, -0.1) is 0 Å². The molecule has 5 nitrogen and oxygen atoms in total. The minimum Gasteiger partial charge on any atom is -0.480 e. The Labute approximate surface area is 186 Å². The van der Waals surface area contributed by atoms with Crippen LogP contribution in [0.4, 0.5) is 13.6 Å². The van der Waals surface area contributed by atoms with E-state index in [0.717, 1.165) is 27.2 Å². The molecule has 1 atom stereocenters. The van der Waals surface area contributed by atoms with Crippen LogP contribution < -0.4 is 0 Å². The number of ether oxygens (including phenoxy) is 1. The molecule has 1 N–H and O–H groups in total. The van der Waals surface area contributed by atoms with E-state index in [1.165, 1.54) is 7.05 Å². The van der Waals surface area contributed by atoms with Gasteiger partial charge in [0.15, 0.2) is 0 Å². The first kappa shape index (κ1) is 22.2. The van der Waals surface area contributed by atoms with Gasteiger partial charge < -0.3 is 9.84 Å². The zero-order chi connectivity index (χ0) is 22.9. The van der Waals surface area contributed by atoms with Crippen molar-refractivity contribution in [1.82, 2.24) is 4.90 Å². The summed E-state index contributed by atoms with van der Waals surface area (Å²) in [6, 6.07) is 14.8. The number of aliphatic carboxylic acids is 1. The van der Waals surface area contributed by atoms with Crippen molar-refractivity contribution in [2.24, 2.45) is 5.92 Å². The number of benzene rings is 2. The highest BCUT2D eigenvalue weighted by Gasteiger charge is 2.38. The molecule has 0 bridgehead atoms. The fourth-order valence-corrected chi connectivity index (χ4v) is 4.90. The van der Waals surface area contributed by atoms with Crippen LogP contribution in [0.1, 0.15) is 49.1 Å². The minimum absolute atomic E-state index is 0.0964. The fourth-order valence-electron chi connectivity index (χ4n) is 4.90. The van der Waals surface area contributed by atoms with Crippen molar-refractivity contribution in [2.75, 3.05) is 13.7 Å². The third-order valence-electron chi connectivity index (χ3n) is 6.77. The maximum absolute atomic E-state index is 13.4. The Morgan fingerprint density at radius 3 is 2.12 bits per heavy atom. The van der Waals surface area contributed by atoms with E-state index in [-0.39, 0.29) is 50.5 Å². The van der Waals surface area contributed by atoms with Crippen LogP contribution in [-0.4, -0.2) is 47.7 Å². The van der Waals surface area contributed by atoms with Crippen LogP contribution in [0.3, 0.4) is 0 Å². The summed E-state index contributed by atoms with van der Waals surface area (Å²) in [7, 11) is 1.40. The Morgan fingerprint density at radius 2 is 1.59 bits per heavy atom. The molecule has 1 fully saturated rings. The van der Waals surface area contributed by atoms with Crippen LogP contribution in [0.2, 0.25) is 0 Å². The predicted octanol–water partition coefficient (Wildman–Crippen LogP) is 5.54. The maximum Gasteiger partial charge on any atom is 0.410 e. The van der Waals surface area contributed by atoms with Crippen LogP contribution in [0, 0.1) is 5.92 Å². The highest BCUT2D eigenvalue weighted by Crippen LogP contribution is 2.44. The zero-order valence-corrected chi connectivity index (χ0v) is 18.0. The van der Waals surface area contributed by atoms with E-state index in [1.54, 1.807) is 0 Å². The molecule has 0 heterocycles. The van der Waals surface area contributed by atoms with Crippen LogP contribution in [0.5, 0.6) is 0 Å². The van der Waals surface area contributed by atoms with Gasteiger partial charge in [0.25, 0.3) is 0 Å². The number of carboxylic acids is 1. The lowest BCUT2D eigenvalue weighted by atomic mass is 9.82. The quantitative estimate of drug-likeness (QED) is 0.637. The standard InChI is InChI=1S/C25H27F2NO4/c1-28(22(23(29)30)14-16-10-12-25(26,27)13-11-16)24(31)32-15-21-19-8-4-2-6-17(19)18-7-3-5-9-20(18)21/h2-9,16,21-22H,10-15H2,1H3,(H,29,30)/t22-/m0/s1. The first-order valence-corrected chi connectivity index (χ1v) is 11.0. The van der Waals surface area contributed by atoms with E-state index in [1.807, 2.05) is 48.5 Å². The van der Waals surface area contributed by atoms with Crippen molar-refractivity contribution in [3.63, 3.8) is 0 Å². The van der Waals surface area contributed by atoms with Gasteiger partial charge in [0.1, 0.15) is 12.6 Å². The molecule has 0 aromatic heterocycles. The highest BCUT2D eigenvalue weighted by molar-refractivity contribution is 5.81. The lowest BCUT2D eigenvalue weighted by Crippen LogP contribution is -2.44. The number of likely N-dealkylation sites (N-methyl/N-ethyl adjacent to an activating group) is 1. The second-order valence-electron chi connectivity index (χ2n) is 8.80. The molecule has 2 aromatic rings. The number of fused-ring (bicyclic) bond motifs is 3. The number of nitrogens with zero attached hydrogens (tertiary/aromatic N) is 1. The Morgan fingerprint density at radius 1 is 1.06 bits per heavy atom. The van der Waals surface area contributed by atoms with Crippen LogP contribution in [0.25, 0.3) is 11.1 Å². The first-order chi connectivity index (χ1) is 15.3. The van der Waals surface area contributed by atoms with Gasteiger partial charge in [0.05, 0.1) is 0 Å². The van der Waals surface area contributed by atoms with Crippen LogP contribution in [0.15, 0.2) is 48.5 Å². The maximum atomic E-state index is 13.4. The summed E-state index contributed by atoms with van der Waals surface area (Å²) < 4.78 is 32.4. The molecule has 0 saturated heterocycles. The average Bonchev–Trinajstić information content (AvgIpc) is 3.10. The number of carbonyl (C=O) groups excluding carboxylic acids is 1. The van der Waals surface area contributed by atoms with E-state index in [4.69, 9.17) is 4.74 Å². The number of carboxylic acid groups (broad SMARTS) is 1. The molecule has 0 radical (unpaired) electrons. The average molecular weight is 443 g/mol. The Balaban J connectivity index is 1.41. The topological polar surface area (TPSA) is 66.8 Å². The van der Waals surface area contributed by atoms with Gasteiger partial charge in [-0.05, 0) is 47.4 Å². The van der Waals surface area contributed by atoms with E-state index < -0.39 is 24.0 Å². The molecule has 7 heteroatoms. The van der Waals surface area contributed by atoms with Crippen molar-refractivity contribution in [3.8, 4) is 11.1 Å². The first-order valence-electron chi connectivity index (χ1n) is 11.0. The minimum atomic E-state index is -2.67. The highest BCUT2D eigenvalue weighted by atomic mass is 19.3. The van der Waals surface area contributed by atoms with E-state index in [0.29, 0.717) is 0 Å². The smallest absolute Gasteiger partial charge is 0.410 e. The largest absolute Gasteiger partial charge is 0.480 e. The normalized spacial score (nSPS) is 18.5. The Hall–Kier alpha value is -2.96. The van der Waals surface area contributed by atoms with E-state index in [9.17, 15) is 23.5 Å². The van der Waals surface area contributed by atoms with Crippen molar-refractivity contribution in [3.05, 3.63) is 59.7 Å². The molecule has 0 unspecified atom stereocenters. The summed E-state index contributed by atoms with van der Waals surface area (Å²) in [4.78, 5) is 25.7. The number of amides is 1. The number of hydrogen-bond donors (Lipinski definition) is 1. The summed E-state index contributed by atoms with van der Waals surface area (Å²) in [5.41, 5.74) is 4.36. The number of carbonyl (C=O) groups is 2. The van der Waals surface area contributed by atoms with Crippen molar-refractivity contribution in [1.29, 1.82) is 0 Å². The lowest BCUT2D eigenvalue weighted by molar-refractivity contribution is -0.143. The molecule has 1 saturated carbocycles. The third-order valence-corrected chi connectivity index (χ3v) is 6.77. The second kappa shape index (κ2) is 8.88. The monoisotopic (exact) mass is 443 g/mol. The van der Waals surface area contributed by atoms with Gasteiger partial charge in [-0.2, -0.15) is 0 Å². The Kier molecular flexibility index (Phi) is 6.17. The summed E-state index contributed by atoms with van der Waals surface area (Å²) in [6.07, 6.45) is -0.533. The molecule has 4 rings (SSSR count). The van der Waals surface area contributed by atoms with Gasteiger partial charge in [-0.1, -0.05) is 48.5 Å². The fraction of sp³-hybridized carbons (Fsp3) is 0.440. The predicted molar refractivity (Wildman–Crippen MR) is 116 cm³/mol. The van der Waals surface area contributed by atoms with Gasteiger partial charge in [0, 0.05) is 25.8 Å². The number of rotatable bonds is 6. The van der Waals surface area contributed by atoms with Gasteiger partial charge in [-0.3, -0.25) is 4.90 Å². The van der Waals surface area contributed by atoms with Gasteiger partial charge >= 0.3 is 12.1 Å². The molecule has 0 aliphatic heterocycles. The molecular formula is C25H27F2NO4. The molecule has 2 aromatic carbocycles. The third kappa shape index (κ3) is 4.47. The van der Waals surface area contributed by atoms with Gasteiger partial charge in [0.2, 0.25) is 5.92 Å². The number of halogens is 2. The van der Waals surface area contributed by atoms with Crippen LogP contribution in [-0.2, 0) is 9.53 Å². The molecular weight excluding hydrogens is 416 g/mol. The van der Waals surface area contributed by atoms with E-state index >= 15 is 0 Å². The number of alkyl halides is 2. The van der Waals surface area contributed by atoms with E-state index in [2.05, 4.69) is 0 Å².